The molecule has 0 aliphatic rings. The van der Waals surface area contributed by atoms with Crippen molar-refractivity contribution in [3.63, 3.8) is 0 Å². The Morgan fingerprint density at radius 2 is 1.93 bits per heavy atom. The lowest BCUT2D eigenvalue weighted by atomic mass is 10.1. The minimum atomic E-state index is -0.724. The molecule has 3 rings (SSSR count). The van der Waals surface area contributed by atoms with E-state index in [4.69, 9.17) is 9.15 Å². The summed E-state index contributed by atoms with van der Waals surface area (Å²) in [5.74, 6) is 0.404. The SMILES string of the molecule is Cc1c(C)c2ccc(OC(C)C(=O)N(C)Cc3cccc(O)c3)cc2oc1=O. The molecule has 0 spiro atoms. The van der Waals surface area contributed by atoms with Crippen LogP contribution in [0.5, 0.6) is 11.5 Å². The second-order valence-electron chi connectivity index (χ2n) is 6.92. The smallest absolute Gasteiger partial charge is 0.339 e. The lowest BCUT2D eigenvalue weighted by Crippen LogP contribution is -2.37. The summed E-state index contributed by atoms with van der Waals surface area (Å²) in [5.41, 5.74) is 2.32. The van der Waals surface area contributed by atoms with Crippen molar-refractivity contribution >= 4 is 16.9 Å². The van der Waals surface area contributed by atoms with Gasteiger partial charge in [-0.2, -0.15) is 0 Å². The maximum atomic E-state index is 12.6. The highest BCUT2D eigenvalue weighted by molar-refractivity contribution is 5.83. The lowest BCUT2D eigenvalue weighted by Gasteiger charge is -2.22. The van der Waals surface area contributed by atoms with E-state index >= 15 is 0 Å². The van der Waals surface area contributed by atoms with Gasteiger partial charge in [0.1, 0.15) is 17.1 Å². The molecular weight excluding hydrogens is 358 g/mol. The van der Waals surface area contributed by atoms with Crippen molar-refractivity contribution in [2.24, 2.45) is 0 Å². The highest BCUT2D eigenvalue weighted by Gasteiger charge is 2.20. The van der Waals surface area contributed by atoms with Gasteiger partial charge in [0, 0.05) is 30.6 Å². The number of aromatic hydroxyl groups is 1. The monoisotopic (exact) mass is 381 g/mol. The number of benzene rings is 2. The van der Waals surface area contributed by atoms with Crippen LogP contribution < -0.4 is 10.4 Å². The number of carbonyl (C=O) groups excluding carboxylic acids is 1. The van der Waals surface area contributed by atoms with E-state index in [1.807, 2.05) is 19.1 Å². The first-order valence-electron chi connectivity index (χ1n) is 9.00. The van der Waals surface area contributed by atoms with E-state index in [2.05, 4.69) is 0 Å². The quantitative estimate of drug-likeness (QED) is 0.684. The number of aryl methyl sites for hydroxylation is 1. The zero-order chi connectivity index (χ0) is 20.4. The number of rotatable bonds is 5. The van der Waals surface area contributed by atoms with Crippen LogP contribution in [0, 0.1) is 13.8 Å². The molecule has 0 bridgehead atoms. The molecule has 1 unspecified atom stereocenters. The molecule has 3 aromatic rings. The Morgan fingerprint density at radius 3 is 2.64 bits per heavy atom. The number of phenolic OH excluding ortho intramolecular Hbond substituents is 1. The number of likely N-dealkylation sites (N-methyl/N-ethyl adjacent to an activating group) is 1. The van der Waals surface area contributed by atoms with Crippen molar-refractivity contribution in [2.45, 2.75) is 33.4 Å². The summed E-state index contributed by atoms with van der Waals surface area (Å²) >= 11 is 0. The average molecular weight is 381 g/mol. The second kappa shape index (κ2) is 7.76. The first-order valence-corrected chi connectivity index (χ1v) is 9.00. The number of ether oxygens (including phenoxy) is 1. The number of hydrogen-bond donors (Lipinski definition) is 1. The van der Waals surface area contributed by atoms with Gasteiger partial charge in [0.25, 0.3) is 5.91 Å². The van der Waals surface area contributed by atoms with Gasteiger partial charge in [-0.25, -0.2) is 4.79 Å². The van der Waals surface area contributed by atoms with E-state index in [9.17, 15) is 14.7 Å². The zero-order valence-electron chi connectivity index (χ0n) is 16.4. The fourth-order valence-electron chi connectivity index (χ4n) is 3.07. The number of nitrogens with zero attached hydrogens (tertiary/aromatic N) is 1. The standard InChI is InChI=1S/C22H23NO5/c1-13-14(2)22(26)28-20-11-18(8-9-19(13)20)27-15(3)21(25)23(4)12-16-6-5-7-17(24)10-16/h5-11,15,24H,12H2,1-4H3. The number of phenols is 1. The van der Waals surface area contributed by atoms with E-state index in [-0.39, 0.29) is 17.3 Å². The van der Waals surface area contributed by atoms with Gasteiger partial charge in [0.05, 0.1) is 0 Å². The summed E-state index contributed by atoms with van der Waals surface area (Å²) in [7, 11) is 1.68. The molecule has 146 valence electrons. The minimum Gasteiger partial charge on any atom is -0.508 e. The van der Waals surface area contributed by atoms with Crippen LogP contribution in [0.25, 0.3) is 11.0 Å². The highest BCUT2D eigenvalue weighted by atomic mass is 16.5. The predicted molar refractivity (Wildman–Crippen MR) is 107 cm³/mol. The van der Waals surface area contributed by atoms with Crippen molar-refractivity contribution in [3.05, 3.63) is 69.6 Å². The minimum absolute atomic E-state index is 0.158. The Labute approximate surface area is 163 Å². The van der Waals surface area contributed by atoms with E-state index in [0.29, 0.717) is 23.4 Å². The molecule has 1 N–H and O–H groups in total. The lowest BCUT2D eigenvalue weighted by molar-refractivity contribution is -0.137. The van der Waals surface area contributed by atoms with Crippen LogP contribution >= 0.6 is 0 Å². The fourth-order valence-corrected chi connectivity index (χ4v) is 3.07. The van der Waals surface area contributed by atoms with E-state index in [1.54, 1.807) is 51.2 Å². The van der Waals surface area contributed by atoms with Crippen molar-refractivity contribution in [3.8, 4) is 11.5 Å². The van der Waals surface area contributed by atoms with Gasteiger partial charge in [-0.3, -0.25) is 4.79 Å². The van der Waals surface area contributed by atoms with Crippen molar-refractivity contribution < 1.29 is 19.1 Å². The van der Waals surface area contributed by atoms with Gasteiger partial charge in [-0.15, -0.1) is 0 Å². The van der Waals surface area contributed by atoms with Crippen molar-refractivity contribution in [1.29, 1.82) is 0 Å². The van der Waals surface area contributed by atoms with Gasteiger partial charge in [0.2, 0.25) is 0 Å². The summed E-state index contributed by atoms with van der Waals surface area (Å²) in [6.45, 7) is 5.62. The van der Waals surface area contributed by atoms with E-state index in [0.717, 1.165) is 16.5 Å². The molecule has 28 heavy (non-hydrogen) atoms. The second-order valence-corrected chi connectivity index (χ2v) is 6.92. The van der Waals surface area contributed by atoms with Gasteiger partial charge in [-0.05, 0) is 56.2 Å². The first-order chi connectivity index (χ1) is 13.3. The highest BCUT2D eigenvalue weighted by Crippen LogP contribution is 2.24. The normalized spacial score (nSPS) is 12.0. The summed E-state index contributed by atoms with van der Waals surface area (Å²) in [6, 6.07) is 12.0. The Kier molecular flexibility index (Phi) is 5.40. The molecule has 1 atom stereocenters. The van der Waals surface area contributed by atoms with Crippen LogP contribution in [0.1, 0.15) is 23.6 Å². The summed E-state index contributed by atoms with van der Waals surface area (Å²) < 4.78 is 11.1. The third-order valence-electron chi connectivity index (χ3n) is 4.80. The first kappa shape index (κ1) is 19.5. The maximum Gasteiger partial charge on any atom is 0.339 e. The molecule has 1 aromatic heterocycles. The van der Waals surface area contributed by atoms with Crippen LogP contribution in [0.3, 0.4) is 0 Å². The molecule has 2 aromatic carbocycles. The number of carbonyl (C=O) groups is 1. The molecule has 0 saturated carbocycles. The largest absolute Gasteiger partial charge is 0.508 e. The average Bonchev–Trinajstić information content (AvgIpc) is 2.65. The van der Waals surface area contributed by atoms with Gasteiger partial charge < -0.3 is 19.2 Å². The molecular formula is C22H23NO5. The Morgan fingerprint density at radius 1 is 1.18 bits per heavy atom. The topological polar surface area (TPSA) is 80.0 Å². The summed E-state index contributed by atoms with van der Waals surface area (Å²) in [4.78, 5) is 26.1. The number of fused-ring (bicyclic) bond motifs is 1. The van der Waals surface area contributed by atoms with Crippen LogP contribution in [-0.4, -0.2) is 29.1 Å². The molecule has 6 heteroatoms. The van der Waals surface area contributed by atoms with Crippen LogP contribution in [-0.2, 0) is 11.3 Å². The van der Waals surface area contributed by atoms with Crippen LogP contribution in [0.2, 0.25) is 0 Å². The Bertz CT molecular complexity index is 1090. The van der Waals surface area contributed by atoms with E-state index < -0.39 is 6.10 Å². The molecule has 6 nitrogen and oxygen atoms in total. The number of hydrogen-bond acceptors (Lipinski definition) is 5. The maximum absolute atomic E-state index is 12.6. The Hall–Kier alpha value is -3.28. The molecule has 1 heterocycles. The predicted octanol–water partition coefficient (Wildman–Crippen LogP) is 3.54. The molecule has 1 amide bonds. The fraction of sp³-hybridized carbons (Fsp3) is 0.273. The summed E-state index contributed by atoms with van der Waals surface area (Å²) in [5, 5.41) is 10.4. The van der Waals surface area contributed by atoms with Gasteiger partial charge in [0.15, 0.2) is 6.10 Å². The Balaban J connectivity index is 1.74. The third-order valence-corrected chi connectivity index (χ3v) is 4.80. The van der Waals surface area contributed by atoms with Crippen LogP contribution in [0.4, 0.5) is 0 Å². The molecule has 0 fully saturated rings. The van der Waals surface area contributed by atoms with Crippen LogP contribution in [0.15, 0.2) is 51.7 Å². The summed E-state index contributed by atoms with van der Waals surface area (Å²) in [6.07, 6.45) is -0.724. The molecule has 0 radical (unpaired) electrons. The molecule has 0 aliphatic heterocycles. The van der Waals surface area contributed by atoms with E-state index in [1.165, 1.54) is 4.90 Å². The number of amides is 1. The van der Waals surface area contributed by atoms with Gasteiger partial charge >= 0.3 is 5.63 Å². The molecule has 0 aliphatic carbocycles. The van der Waals surface area contributed by atoms with Crippen molar-refractivity contribution in [2.75, 3.05) is 7.05 Å². The van der Waals surface area contributed by atoms with Gasteiger partial charge in [-0.1, -0.05) is 12.1 Å². The van der Waals surface area contributed by atoms with Crippen molar-refractivity contribution in [1.82, 2.24) is 4.90 Å². The molecule has 0 saturated heterocycles. The third kappa shape index (κ3) is 4.01. The zero-order valence-corrected chi connectivity index (χ0v) is 16.4.